The summed E-state index contributed by atoms with van der Waals surface area (Å²) in [5.74, 6) is -0.286. The summed E-state index contributed by atoms with van der Waals surface area (Å²) in [6, 6.07) is 14.4. The number of nitrogens with zero attached hydrogens (tertiary/aromatic N) is 1. The molecular weight excluding hydrogens is 241 g/mol. The first-order valence-electron chi connectivity index (χ1n) is 6.20. The van der Waals surface area contributed by atoms with Crippen molar-refractivity contribution in [3.05, 3.63) is 71.0 Å². The summed E-state index contributed by atoms with van der Waals surface area (Å²) in [6.07, 6.45) is 3.75. The first kappa shape index (κ1) is 13.3. The lowest BCUT2D eigenvalue weighted by atomic mass is 10.1. The van der Waals surface area contributed by atoms with Crippen LogP contribution in [0, 0.1) is 5.82 Å². The molecule has 0 amide bonds. The number of rotatable bonds is 5. The van der Waals surface area contributed by atoms with Gasteiger partial charge in [-0.3, -0.25) is 0 Å². The normalized spacial score (nSPS) is 10.8. The van der Waals surface area contributed by atoms with E-state index in [4.69, 9.17) is 4.84 Å². The molecule has 19 heavy (non-hydrogen) atoms. The molecule has 0 N–H and O–H groups in total. The average molecular weight is 256 g/mol. The van der Waals surface area contributed by atoms with Gasteiger partial charge in [0.1, 0.15) is 18.6 Å². The van der Waals surface area contributed by atoms with E-state index in [-0.39, 0.29) is 12.4 Å². The Morgan fingerprint density at radius 1 is 1.16 bits per heavy atom. The fraction of sp³-hybridized carbons (Fsp3) is 0.188. The quantitative estimate of drug-likeness (QED) is 0.588. The number of halogens is 1. The highest BCUT2D eigenvalue weighted by Gasteiger charge is 1.99. The molecule has 0 bridgehead atoms. The van der Waals surface area contributed by atoms with Crippen LogP contribution in [0.5, 0.6) is 0 Å². The van der Waals surface area contributed by atoms with Gasteiger partial charge in [-0.15, -0.1) is 0 Å². The zero-order chi connectivity index (χ0) is 13.5. The molecular formula is C16H15FNO. The van der Waals surface area contributed by atoms with Crippen LogP contribution in [0.15, 0.2) is 53.7 Å². The van der Waals surface area contributed by atoms with Gasteiger partial charge in [-0.05, 0) is 24.1 Å². The molecule has 2 aromatic rings. The first-order valence-corrected chi connectivity index (χ1v) is 6.20. The number of aryl methyl sites for hydroxylation is 1. The molecule has 2 nitrogen and oxygen atoms in total. The SMILES string of the molecule is CCc1cccc(/[C]=N\OCc2ccccc2F)c1. The maximum Gasteiger partial charge on any atom is 0.145 e. The Bertz CT molecular complexity index is 566. The summed E-state index contributed by atoms with van der Waals surface area (Å²) >= 11 is 0. The molecule has 2 aromatic carbocycles. The molecule has 0 atom stereocenters. The second kappa shape index (κ2) is 6.69. The molecule has 0 aliphatic carbocycles. The van der Waals surface area contributed by atoms with Crippen LogP contribution in [0.4, 0.5) is 4.39 Å². The van der Waals surface area contributed by atoms with Gasteiger partial charge in [0.15, 0.2) is 0 Å². The molecule has 0 spiro atoms. The van der Waals surface area contributed by atoms with Gasteiger partial charge in [0.25, 0.3) is 0 Å². The van der Waals surface area contributed by atoms with Gasteiger partial charge in [0, 0.05) is 11.1 Å². The van der Waals surface area contributed by atoms with E-state index in [0.29, 0.717) is 5.56 Å². The summed E-state index contributed by atoms with van der Waals surface area (Å²) < 4.78 is 13.3. The van der Waals surface area contributed by atoms with Crippen molar-refractivity contribution in [3.63, 3.8) is 0 Å². The van der Waals surface area contributed by atoms with Crippen molar-refractivity contribution < 1.29 is 9.23 Å². The molecule has 0 unspecified atom stereocenters. The van der Waals surface area contributed by atoms with E-state index in [9.17, 15) is 4.39 Å². The minimum absolute atomic E-state index is 0.104. The van der Waals surface area contributed by atoms with Gasteiger partial charge in [0.05, 0.1) is 0 Å². The van der Waals surface area contributed by atoms with Gasteiger partial charge in [-0.1, -0.05) is 48.5 Å². The second-order valence-electron chi connectivity index (χ2n) is 4.12. The Kier molecular flexibility index (Phi) is 4.67. The van der Waals surface area contributed by atoms with Crippen LogP contribution >= 0.6 is 0 Å². The minimum Gasteiger partial charge on any atom is -0.390 e. The molecule has 2 rings (SSSR count). The molecule has 3 heteroatoms. The van der Waals surface area contributed by atoms with Crippen LogP contribution in [0.3, 0.4) is 0 Å². The number of hydrogen-bond acceptors (Lipinski definition) is 2. The molecule has 0 saturated heterocycles. The molecule has 0 aromatic heterocycles. The number of hydrogen-bond donors (Lipinski definition) is 0. The lowest BCUT2D eigenvalue weighted by Gasteiger charge is -2.01. The van der Waals surface area contributed by atoms with Crippen LogP contribution in [-0.2, 0) is 17.9 Å². The Hall–Kier alpha value is -2.16. The standard InChI is InChI=1S/C16H15FNO/c1-2-13-6-5-7-14(10-13)11-18-19-12-15-8-3-4-9-16(15)17/h3-10H,2,12H2,1H3. The van der Waals surface area contributed by atoms with E-state index in [1.54, 1.807) is 18.2 Å². The third-order valence-electron chi connectivity index (χ3n) is 2.75. The highest BCUT2D eigenvalue weighted by molar-refractivity contribution is 5.79. The van der Waals surface area contributed by atoms with E-state index in [1.165, 1.54) is 11.6 Å². The van der Waals surface area contributed by atoms with Gasteiger partial charge < -0.3 is 4.84 Å². The molecule has 97 valence electrons. The summed E-state index contributed by atoms with van der Waals surface area (Å²) in [5.41, 5.74) is 2.55. The van der Waals surface area contributed by atoms with E-state index < -0.39 is 0 Å². The fourth-order valence-corrected chi connectivity index (χ4v) is 1.66. The lowest BCUT2D eigenvalue weighted by Crippen LogP contribution is -1.92. The highest BCUT2D eigenvalue weighted by atomic mass is 19.1. The van der Waals surface area contributed by atoms with E-state index in [1.807, 2.05) is 24.3 Å². The van der Waals surface area contributed by atoms with E-state index >= 15 is 0 Å². The zero-order valence-corrected chi connectivity index (χ0v) is 10.8. The molecule has 0 aliphatic rings. The molecule has 1 radical (unpaired) electrons. The first-order chi connectivity index (χ1) is 9.29. The van der Waals surface area contributed by atoms with Crippen molar-refractivity contribution in [2.24, 2.45) is 5.16 Å². The van der Waals surface area contributed by atoms with E-state index in [2.05, 4.69) is 18.3 Å². The lowest BCUT2D eigenvalue weighted by molar-refractivity contribution is 0.129. The van der Waals surface area contributed by atoms with E-state index in [0.717, 1.165) is 12.0 Å². The Labute approximate surface area is 112 Å². The third-order valence-corrected chi connectivity index (χ3v) is 2.75. The van der Waals surface area contributed by atoms with Crippen molar-refractivity contribution in [1.29, 1.82) is 0 Å². The van der Waals surface area contributed by atoms with Crippen LogP contribution in [0.1, 0.15) is 23.6 Å². The highest BCUT2D eigenvalue weighted by Crippen LogP contribution is 2.08. The van der Waals surface area contributed by atoms with Crippen molar-refractivity contribution in [2.75, 3.05) is 0 Å². The molecule has 0 fully saturated rings. The minimum atomic E-state index is -0.286. The smallest absolute Gasteiger partial charge is 0.145 e. The van der Waals surface area contributed by atoms with Gasteiger partial charge in [-0.2, -0.15) is 0 Å². The number of benzene rings is 2. The van der Waals surface area contributed by atoms with Crippen molar-refractivity contribution in [3.8, 4) is 0 Å². The van der Waals surface area contributed by atoms with Crippen molar-refractivity contribution in [1.82, 2.24) is 0 Å². The second-order valence-corrected chi connectivity index (χ2v) is 4.12. The summed E-state index contributed by atoms with van der Waals surface area (Å²) in [7, 11) is 0. The Balaban J connectivity index is 1.91. The Morgan fingerprint density at radius 2 is 2.00 bits per heavy atom. The summed E-state index contributed by atoms with van der Waals surface area (Å²) in [5, 5.41) is 3.74. The zero-order valence-electron chi connectivity index (χ0n) is 10.8. The maximum atomic E-state index is 13.3. The van der Waals surface area contributed by atoms with Crippen LogP contribution < -0.4 is 0 Å². The average Bonchev–Trinajstić information content (AvgIpc) is 2.45. The molecule has 0 heterocycles. The van der Waals surface area contributed by atoms with Gasteiger partial charge in [-0.25, -0.2) is 4.39 Å². The third kappa shape index (κ3) is 3.91. The molecule has 0 saturated carbocycles. The molecule has 0 aliphatic heterocycles. The van der Waals surface area contributed by atoms with Gasteiger partial charge >= 0.3 is 0 Å². The summed E-state index contributed by atoms with van der Waals surface area (Å²) in [4.78, 5) is 5.05. The fourth-order valence-electron chi connectivity index (χ4n) is 1.66. The van der Waals surface area contributed by atoms with Crippen LogP contribution in [-0.4, -0.2) is 6.21 Å². The van der Waals surface area contributed by atoms with Crippen molar-refractivity contribution in [2.45, 2.75) is 20.0 Å². The largest absolute Gasteiger partial charge is 0.390 e. The summed E-state index contributed by atoms with van der Waals surface area (Å²) in [6.45, 7) is 2.19. The predicted molar refractivity (Wildman–Crippen MR) is 73.5 cm³/mol. The predicted octanol–water partition coefficient (Wildman–Crippen LogP) is 3.82. The maximum absolute atomic E-state index is 13.3. The van der Waals surface area contributed by atoms with Crippen LogP contribution in [0.25, 0.3) is 0 Å². The van der Waals surface area contributed by atoms with Crippen molar-refractivity contribution >= 4 is 6.21 Å². The van der Waals surface area contributed by atoms with Gasteiger partial charge in [0.2, 0.25) is 0 Å². The topological polar surface area (TPSA) is 21.6 Å². The monoisotopic (exact) mass is 256 g/mol. The van der Waals surface area contributed by atoms with Crippen LogP contribution in [0.2, 0.25) is 0 Å². The Morgan fingerprint density at radius 3 is 2.79 bits per heavy atom.